The number of hydrogen-bond donors (Lipinski definition) is 2. The molecule has 0 aromatic carbocycles. The third kappa shape index (κ3) is 2.83. The molecule has 0 saturated carbocycles. The van der Waals surface area contributed by atoms with E-state index < -0.39 is 0 Å². The van der Waals surface area contributed by atoms with Gasteiger partial charge in [-0.25, -0.2) is 0 Å². The molecule has 2 rings (SSSR count). The molecule has 17 heavy (non-hydrogen) atoms. The molecule has 2 heterocycles. The zero-order chi connectivity index (χ0) is 12.1. The molecule has 0 spiro atoms. The summed E-state index contributed by atoms with van der Waals surface area (Å²) < 4.78 is 9.83. The summed E-state index contributed by atoms with van der Waals surface area (Å²) in [6.45, 7) is 2.09. The number of carbonyl (C=O) groups is 1. The number of aromatic nitrogens is 1. The molecule has 1 aliphatic rings. The van der Waals surface area contributed by atoms with Gasteiger partial charge in [0, 0.05) is 19.7 Å². The van der Waals surface area contributed by atoms with E-state index in [2.05, 4.69) is 20.3 Å². The maximum atomic E-state index is 11.7. The van der Waals surface area contributed by atoms with Crippen molar-refractivity contribution in [2.24, 2.45) is 0 Å². The fraction of sp³-hybridized carbons (Fsp3) is 0.636. The Morgan fingerprint density at radius 3 is 3.24 bits per heavy atom. The molecule has 2 N–H and O–H groups in total. The number of nitrogens with zero attached hydrogens (tertiary/aromatic N) is 1. The predicted octanol–water partition coefficient (Wildman–Crippen LogP) is 0.173. The van der Waals surface area contributed by atoms with E-state index in [0.29, 0.717) is 18.8 Å². The molecule has 0 aliphatic carbocycles. The van der Waals surface area contributed by atoms with Gasteiger partial charge in [-0.15, -0.1) is 0 Å². The lowest BCUT2D eigenvalue weighted by atomic mass is 9.98. The van der Waals surface area contributed by atoms with E-state index in [1.165, 1.54) is 6.26 Å². The van der Waals surface area contributed by atoms with Crippen molar-refractivity contribution in [3.63, 3.8) is 0 Å². The Balaban J connectivity index is 1.89. The molecule has 6 heteroatoms. The second kappa shape index (κ2) is 5.29. The summed E-state index contributed by atoms with van der Waals surface area (Å²) in [5.74, 6) is -0.220. The minimum atomic E-state index is -0.220. The van der Waals surface area contributed by atoms with Gasteiger partial charge < -0.3 is 19.9 Å². The first kappa shape index (κ1) is 12.1. The number of rotatable bonds is 5. The van der Waals surface area contributed by atoms with Crippen LogP contribution in [0, 0.1) is 0 Å². The first-order valence-corrected chi connectivity index (χ1v) is 5.68. The van der Waals surface area contributed by atoms with Gasteiger partial charge in [-0.05, 0) is 19.4 Å². The van der Waals surface area contributed by atoms with E-state index in [4.69, 9.17) is 4.74 Å². The topological polar surface area (TPSA) is 76.4 Å². The molecule has 1 saturated heterocycles. The van der Waals surface area contributed by atoms with Gasteiger partial charge in [0.1, 0.15) is 6.26 Å². The van der Waals surface area contributed by atoms with Gasteiger partial charge in [0.2, 0.25) is 0 Å². The third-order valence-electron chi connectivity index (χ3n) is 3.01. The largest absolute Gasteiger partial charge is 0.383 e. The fourth-order valence-electron chi connectivity index (χ4n) is 2.14. The molecule has 1 aliphatic heterocycles. The fourth-order valence-corrected chi connectivity index (χ4v) is 2.14. The first-order valence-electron chi connectivity index (χ1n) is 5.68. The van der Waals surface area contributed by atoms with Crippen molar-refractivity contribution in [1.29, 1.82) is 0 Å². The number of methoxy groups -OCH3 is 1. The Morgan fingerprint density at radius 1 is 1.76 bits per heavy atom. The molecular formula is C11H17N3O3. The minimum Gasteiger partial charge on any atom is -0.383 e. The second-order valence-electron chi connectivity index (χ2n) is 4.31. The average Bonchev–Trinajstić information content (AvgIpc) is 2.98. The van der Waals surface area contributed by atoms with E-state index in [1.807, 2.05) is 0 Å². The van der Waals surface area contributed by atoms with Gasteiger partial charge in [-0.2, -0.15) is 0 Å². The summed E-state index contributed by atoms with van der Waals surface area (Å²) in [5.41, 5.74) is 0.157. The highest BCUT2D eigenvalue weighted by Gasteiger charge is 2.33. The van der Waals surface area contributed by atoms with Crippen molar-refractivity contribution < 1.29 is 14.1 Å². The van der Waals surface area contributed by atoms with Gasteiger partial charge >= 0.3 is 0 Å². The summed E-state index contributed by atoms with van der Waals surface area (Å²) in [7, 11) is 1.67. The molecule has 6 nitrogen and oxygen atoms in total. The number of ether oxygens (including phenoxy) is 1. The summed E-state index contributed by atoms with van der Waals surface area (Å²) in [5, 5.41) is 9.83. The van der Waals surface area contributed by atoms with Crippen LogP contribution in [-0.2, 0) is 4.74 Å². The smallest absolute Gasteiger partial charge is 0.273 e. The Morgan fingerprint density at radius 2 is 2.65 bits per heavy atom. The van der Waals surface area contributed by atoms with Crippen molar-refractivity contribution in [1.82, 2.24) is 15.8 Å². The molecule has 0 radical (unpaired) electrons. The molecular weight excluding hydrogens is 222 g/mol. The van der Waals surface area contributed by atoms with Crippen LogP contribution in [0.25, 0.3) is 0 Å². The standard InChI is InChI=1S/C11H17N3O3/c1-16-8-11(4-2-5-13-11)7-12-10(15)9-3-6-17-14-9/h3,6,13H,2,4-5,7-8H2,1H3,(H,12,15). The molecule has 1 fully saturated rings. The van der Waals surface area contributed by atoms with Crippen molar-refractivity contribution in [2.75, 3.05) is 26.8 Å². The molecule has 1 atom stereocenters. The lowest BCUT2D eigenvalue weighted by Gasteiger charge is -2.28. The summed E-state index contributed by atoms with van der Waals surface area (Å²) in [6, 6.07) is 1.54. The molecule has 1 aromatic heterocycles. The van der Waals surface area contributed by atoms with Gasteiger partial charge in [0.25, 0.3) is 5.91 Å². The van der Waals surface area contributed by atoms with Gasteiger partial charge in [-0.1, -0.05) is 5.16 Å². The number of carbonyl (C=O) groups excluding carboxylic acids is 1. The molecule has 1 unspecified atom stereocenters. The monoisotopic (exact) mass is 239 g/mol. The lowest BCUT2D eigenvalue weighted by molar-refractivity contribution is 0.0884. The van der Waals surface area contributed by atoms with Gasteiger partial charge in [0.05, 0.1) is 12.1 Å². The van der Waals surface area contributed by atoms with E-state index >= 15 is 0 Å². The van der Waals surface area contributed by atoms with Crippen LogP contribution in [0.5, 0.6) is 0 Å². The van der Waals surface area contributed by atoms with E-state index in [9.17, 15) is 4.79 Å². The normalized spacial score (nSPS) is 23.8. The van der Waals surface area contributed by atoms with Crippen LogP contribution in [0.15, 0.2) is 16.9 Å². The van der Waals surface area contributed by atoms with E-state index in [0.717, 1.165) is 19.4 Å². The van der Waals surface area contributed by atoms with Crippen LogP contribution in [0.4, 0.5) is 0 Å². The van der Waals surface area contributed by atoms with Crippen LogP contribution in [-0.4, -0.2) is 43.4 Å². The zero-order valence-electron chi connectivity index (χ0n) is 9.86. The van der Waals surface area contributed by atoms with Crippen LogP contribution in [0.2, 0.25) is 0 Å². The lowest BCUT2D eigenvalue weighted by Crippen LogP contribution is -2.53. The first-order chi connectivity index (χ1) is 8.26. The Kier molecular flexibility index (Phi) is 3.75. The van der Waals surface area contributed by atoms with E-state index in [-0.39, 0.29) is 11.4 Å². The highest BCUT2D eigenvalue weighted by Crippen LogP contribution is 2.18. The van der Waals surface area contributed by atoms with Crippen LogP contribution >= 0.6 is 0 Å². The van der Waals surface area contributed by atoms with Crippen LogP contribution in [0.1, 0.15) is 23.3 Å². The number of nitrogens with one attached hydrogen (secondary N) is 2. The average molecular weight is 239 g/mol. The maximum absolute atomic E-state index is 11.7. The quantitative estimate of drug-likeness (QED) is 0.766. The SMILES string of the molecule is COCC1(CNC(=O)c2ccon2)CCCN1. The highest BCUT2D eigenvalue weighted by molar-refractivity contribution is 5.91. The Labute approximate surface area is 99.7 Å². The molecule has 94 valence electrons. The summed E-state index contributed by atoms with van der Waals surface area (Å²) in [6.07, 6.45) is 3.48. The van der Waals surface area contributed by atoms with Crippen molar-refractivity contribution in [3.8, 4) is 0 Å². The summed E-state index contributed by atoms with van der Waals surface area (Å²) in [4.78, 5) is 11.7. The maximum Gasteiger partial charge on any atom is 0.273 e. The van der Waals surface area contributed by atoms with Crippen LogP contribution < -0.4 is 10.6 Å². The number of amides is 1. The van der Waals surface area contributed by atoms with Gasteiger partial charge in [-0.3, -0.25) is 4.79 Å². The van der Waals surface area contributed by atoms with Crippen molar-refractivity contribution >= 4 is 5.91 Å². The van der Waals surface area contributed by atoms with Gasteiger partial charge in [0.15, 0.2) is 5.69 Å². The van der Waals surface area contributed by atoms with Crippen molar-refractivity contribution in [3.05, 3.63) is 18.0 Å². The molecule has 1 amide bonds. The van der Waals surface area contributed by atoms with E-state index in [1.54, 1.807) is 13.2 Å². The highest BCUT2D eigenvalue weighted by atomic mass is 16.5. The van der Waals surface area contributed by atoms with Crippen LogP contribution in [0.3, 0.4) is 0 Å². The molecule has 0 bridgehead atoms. The van der Waals surface area contributed by atoms with Crippen molar-refractivity contribution in [2.45, 2.75) is 18.4 Å². The predicted molar refractivity (Wildman–Crippen MR) is 60.7 cm³/mol. The third-order valence-corrected chi connectivity index (χ3v) is 3.01. The Bertz CT molecular complexity index is 358. The second-order valence-corrected chi connectivity index (χ2v) is 4.31. The number of hydrogen-bond acceptors (Lipinski definition) is 5. The Hall–Kier alpha value is -1.40. The minimum absolute atomic E-state index is 0.145. The molecule has 1 aromatic rings. The zero-order valence-corrected chi connectivity index (χ0v) is 9.86. The summed E-state index contributed by atoms with van der Waals surface area (Å²) >= 11 is 0.